The van der Waals surface area contributed by atoms with E-state index in [9.17, 15) is 9.13 Å². The standard InChI is InChI=1S/C26H22O6P2/c1-22(33(27,29-23-14-6-2-7-15-23)30-24-16-8-3-9-17-24)34(28,31-25-18-10-4-11-19-25)32-26-20-12-5-13-21-26/h2-21H,1H2. The van der Waals surface area contributed by atoms with E-state index in [-0.39, 0.29) is 23.0 Å². The first-order valence-corrected chi connectivity index (χ1v) is 13.4. The van der Waals surface area contributed by atoms with Gasteiger partial charge in [0.15, 0.2) is 5.06 Å². The summed E-state index contributed by atoms with van der Waals surface area (Å²) in [6, 6.07) is 33.7. The highest BCUT2D eigenvalue weighted by Crippen LogP contribution is 2.71. The van der Waals surface area contributed by atoms with Crippen molar-refractivity contribution in [2.45, 2.75) is 0 Å². The molecule has 34 heavy (non-hydrogen) atoms. The minimum atomic E-state index is -4.36. The van der Waals surface area contributed by atoms with Crippen molar-refractivity contribution in [1.29, 1.82) is 0 Å². The monoisotopic (exact) mass is 492 g/mol. The smallest absolute Gasteiger partial charge is 0.413 e. The van der Waals surface area contributed by atoms with E-state index in [1.807, 2.05) is 0 Å². The van der Waals surface area contributed by atoms with Crippen LogP contribution in [0.1, 0.15) is 0 Å². The van der Waals surface area contributed by atoms with Gasteiger partial charge in [0.05, 0.1) is 0 Å². The second-order valence-corrected chi connectivity index (χ2v) is 11.2. The van der Waals surface area contributed by atoms with Crippen LogP contribution in [0, 0.1) is 0 Å². The Morgan fingerprint density at radius 1 is 0.441 bits per heavy atom. The molecule has 4 aromatic rings. The Morgan fingerprint density at radius 3 is 0.853 bits per heavy atom. The van der Waals surface area contributed by atoms with Gasteiger partial charge in [-0.25, -0.2) is 9.13 Å². The fourth-order valence-electron chi connectivity index (χ4n) is 2.88. The van der Waals surface area contributed by atoms with Crippen molar-refractivity contribution in [3.8, 4) is 23.0 Å². The van der Waals surface area contributed by atoms with Crippen molar-refractivity contribution < 1.29 is 27.2 Å². The minimum Gasteiger partial charge on any atom is -0.413 e. The lowest BCUT2D eigenvalue weighted by Gasteiger charge is -2.26. The molecule has 8 heteroatoms. The summed E-state index contributed by atoms with van der Waals surface area (Å²) in [7, 11) is -8.71. The molecule has 0 heterocycles. The van der Waals surface area contributed by atoms with Crippen LogP contribution in [0.2, 0.25) is 0 Å². The summed E-state index contributed by atoms with van der Waals surface area (Å²) in [4.78, 5) is 0. The Kier molecular flexibility index (Phi) is 7.22. The predicted molar refractivity (Wildman–Crippen MR) is 133 cm³/mol. The van der Waals surface area contributed by atoms with Crippen LogP contribution in [0.25, 0.3) is 0 Å². The van der Waals surface area contributed by atoms with Crippen molar-refractivity contribution in [1.82, 2.24) is 0 Å². The lowest BCUT2D eigenvalue weighted by molar-refractivity contribution is 0.380. The largest absolute Gasteiger partial charge is 0.472 e. The van der Waals surface area contributed by atoms with Crippen molar-refractivity contribution in [3.63, 3.8) is 0 Å². The molecule has 0 fully saturated rings. The van der Waals surface area contributed by atoms with E-state index in [0.29, 0.717) is 0 Å². The van der Waals surface area contributed by atoms with E-state index in [1.54, 1.807) is 121 Å². The second-order valence-electron chi connectivity index (χ2n) is 7.03. The number of para-hydroxylation sites is 4. The van der Waals surface area contributed by atoms with Crippen LogP contribution in [-0.2, 0) is 9.13 Å². The van der Waals surface area contributed by atoms with Gasteiger partial charge in [-0.05, 0) is 48.5 Å². The summed E-state index contributed by atoms with van der Waals surface area (Å²) < 4.78 is 51.6. The van der Waals surface area contributed by atoms with Gasteiger partial charge < -0.3 is 18.1 Å². The van der Waals surface area contributed by atoms with E-state index in [0.717, 1.165) is 0 Å². The molecule has 0 spiro atoms. The van der Waals surface area contributed by atoms with Crippen LogP contribution < -0.4 is 18.1 Å². The molecule has 4 rings (SSSR count). The molecule has 0 bridgehead atoms. The number of hydrogen-bond donors (Lipinski definition) is 0. The zero-order valence-electron chi connectivity index (χ0n) is 18.1. The zero-order valence-corrected chi connectivity index (χ0v) is 19.9. The third kappa shape index (κ3) is 5.79. The fraction of sp³-hybridized carbons (Fsp3) is 0. The molecule has 0 aliphatic heterocycles. The van der Waals surface area contributed by atoms with Crippen LogP contribution in [-0.4, -0.2) is 0 Å². The molecular weight excluding hydrogens is 470 g/mol. The Balaban J connectivity index is 1.76. The Bertz CT molecular complexity index is 1120. The quantitative estimate of drug-likeness (QED) is 0.208. The van der Waals surface area contributed by atoms with Crippen molar-refractivity contribution >= 4 is 15.2 Å². The van der Waals surface area contributed by atoms with Gasteiger partial charge in [0.2, 0.25) is 0 Å². The Morgan fingerprint density at radius 2 is 0.647 bits per heavy atom. The van der Waals surface area contributed by atoms with Gasteiger partial charge in [0.1, 0.15) is 23.0 Å². The Hall–Kier alpha value is -3.72. The third-order valence-electron chi connectivity index (χ3n) is 4.51. The van der Waals surface area contributed by atoms with Crippen molar-refractivity contribution in [2.75, 3.05) is 0 Å². The third-order valence-corrected chi connectivity index (χ3v) is 9.05. The molecule has 6 nitrogen and oxygen atoms in total. The van der Waals surface area contributed by atoms with Crippen LogP contribution >= 0.6 is 15.2 Å². The fourth-order valence-corrected chi connectivity index (χ4v) is 6.66. The average Bonchev–Trinajstić information content (AvgIpc) is 2.86. The van der Waals surface area contributed by atoms with E-state index < -0.39 is 20.2 Å². The molecule has 0 aliphatic rings. The lowest BCUT2D eigenvalue weighted by atomic mass is 10.3. The first kappa shape index (κ1) is 23.4. The van der Waals surface area contributed by atoms with Gasteiger partial charge >= 0.3 is 15.2 Å². The molecule has 0 radical (unpaired) electrons. The van der Waals surface area contributed by atoms with Crippen molar-refractivity contribution in [3.05, 3.63) is 133 Å². The maximum atomic E-state index is 14.2. The van der Waals surface area contributed by atoms with Crippen LogP contribution in [0.15, 0.2) is 133 Å². The molecule has 0 amide bonds. The van der Waals surface area contributed by atoms with E-state index in [1.165, 1.54) is 0 Å². The lowest BCUT2D eigenvalue weighted by Crippen LogP contribution is -2.10. The maximum Gasteiger partial charge on any atom is 0.472 e. The molecule has 172 valence electrons. The average molecular weight is 492 g/mol. The number of hydrogen-bond acceptors (Lipinski definition) is 6. The van der Waals surface area contributed by atoms with Gasteiger partial charge in [-0.1, -0.05) is 79.4 Å². The first-order valence-electron chi connectivity index (χ1n) is 10.4. The van der Waals surface area contributed by atoms with Gasteiger partial charge in [0, 0.05) is 0 Å². The van der Waals surface area contributed by atoms with E-state index >= 15 is 0 Å². The highest BCUT2D eigenvalue weighted by atomic mass is 31.2. The first-order chi connectivity index (χ1) is 16.5. The van der Waals surface area contributed by atoms with E-state index in [4.69, 9.17) is 18.1 Å². The van der Waals surface area contributed by atoms with Crippen molar-refractivity contribution in [2.24, 2.45) is 0 Å². The van der Waals surface area contributed by atoms with Gasteiger partial charge in [-0.15, -0.1) is 0 Å². The molecule has 0 unspecified atom stereocenters. The number of rotatable bonds is 10. The molecule has 0 atom stereocenters. The second kappa shape index (κ2) is 10.5. The maximum absolute atomic E-state index is 14.2. The van der Waals surface area contributed by atoms with Crippen LogP contribution in [0.3, 0.4) is 0 Å². The molecule has 4 aromatic carbocycles. The Labute approximate surface area is 198 Å². The molecule has 0 aromatic heterocycles. The predicted octanol–water partition coefficient (Wildman–Crippen LogP) is 8.16. The topological polar surface area (TPSA) is 71.1 Å². The summed E-state index contributed by atoms with van der Waals surface area (Å²) in [6.07, 6.45) is 0. The molecular formula is C26H22O6P2. The van der Waals surface area contributed by atoms with Gasteiger partial charge in [-0.3, -0.25) is 0 Å². The summed E-state index contributed by atoms with van der Waals surface area (Å²) in [5.41, 5.74) is 0. The molecule has 0 saturated carbocycles. The van der Waals surface area contributed by atoms with Crippen LogP contribution in [0.4, 0.5) is 0 Å². The van der Waals surface area contributed by atoms with Gasteiger partial charge in [0.25, 0.3) is 0 Å². The van der Waals surface area contributed by atoms with Crippen LogP contribution in [0.5, 0.6) is 23.0 Å². The zero-order chi connectivity index (χ0) is 23.9. The SMILES string of the molecule is C=C(P(=O)(Oc1ccccc1)Oc1ccccc1)P(=O)(Oc1ccccc1)Oc1ccccc1. The summed E-state index contributed by atoms with van der Waals surface area (Å²) >= 11 is 0. The summed E-state index contributed by atoms with van der Waals surface area (Å²) in [5, 5.41) is -0.444. The highest BCUT2D eigenvalue weighted by molar-refractivity contribution is 7.79. The summed E-state index contributed by atoms with van der Waals surface area (Å²) in [5.74, 6) is 0.977. The molecule has 0 saturated heterocycles. The highest BCUT2D eigenvalue weighted by Gasteiger charge is 2.49. The van der Waals surface area contributed by atoms with Gasteiger partial charge in [-0.2, -0.15) is 0 Å². The molecule has 0 aliphatic carbocycles. The molecule has 0 N–H and O–H groups in total. The minimum absolute atomic E-state index is 0.244. The summed E-state index contributed by atoms with van der Waals surface area (Å²) in [6.45, 7) is 3.86. The number of benzene rings is 4. The normalized spacial score (nSPS) is 11.3. The van der Waals surface area contributed by atoms with E-state index in [2.05, 4.69) is 6.58 Å².